The van der Waals surface area contributed by atoms with Gasteiger partial charge in [-0.25, -0.2) is 0 Å². The zero-order valence-electron chi connectivity index (χ0n) is 12.4. The van der Waals surface area contributed by atoms with E-state index in [-0.39, 0.29) is 6.04 Å². The fourth-order valence-corrected chi connectivity index (χ4v) is 2.66. The highest BCUT2D eigenvalue weighted by molar-refractivity contribution is 5.55. The van der Waals surface area contributed by atoms with Crippen LogP contribution < -0.4 is 10.2 Å². The largest absolute Gasteiger partial charge is 0.467 e. The van der Waals surface area contributed by atoms with E-state index in [9.17, 15) is 0 Å². The molecule has 1 aromatic heterocycles. The Morgan fingerprint density at radius 1 is 1.14 bits per heavy atom. The number of morpholine rings is 1. The van der Waals surface area contributed by atoms with Crippen LogP contribution in [0.25, 0.3) is 0 Å². The molecule has 1 N–H and O–H groups in total. The van der Waals surface area contributed by atoms with Crippen LogP contribution in [0.3, 0.4) is 0 Å². The molecule has 1 aromatic carbocycles. The lowest BCUT2D eigenvalue weighted by Crippen LogP contribution is -2.36. The average Bonchev–Trinajstić information content (AvgIpc) is 3.08. The molecular formula is C17H22N2O2. The highest BCUT2D eigenvalue weighted by atomic mass is 16.5. The Kier molecular flexibility index (Phi) is 4.46. The van der Waals surface area contributed by atoms with Crippen molar-refractivity contribution in [2.24, 2.45) is 0 Å². The number of hydrogen-bond acceptors (Lipinski definition) is 4. The van der Waals surface area contributed by atoms with Crippen LogP contribution >= 0.6 is 0 Å². The van der Waals surface area contributed by atoms with Gasteiger partial charge >= 0.3 is 0 Å². The van der Waals surface area contributed by atoms with Crippen LogP contribution in [-0.2, 0) is 4.74 Å². The lowest BCUT2D eigenvalue weighted by molar-refractivity contribution is 0.122. The molecule has 1 saturated heterocycles. The van der Waals surface area contributed by atoms with Gasteiger partial charge in [0.25, 0.3) is 0 Å². The Hall–Kier alpha value is -1.94. The smallest absolute Gasteiger partial charge is 0.125 e. The summed E-state index contributed by atoms with van der Waals surface area (Å²) >= 11 is 0. The van der Waals surface area contributed by atoms with Crippen molar-refractivity contribution in [1.82, 2.24) is 0 Å². The van der Waals surface area contributed by atoms with Crippen molar-refractivity contribution in [1.29, 1.82) is 0 Å². The highest BCUT2D eigenvalue weighted by Gasteiger charge is 2.13. The second kappa shape index (κ2) is 6.68. The van der Waals surface area contributed by atoms with Crippen molar-refractivity contribution in [3.05, 3.63) is 48.4 Å². The Morgan fingerprint density at radius 3 is 2.52 bits per heavy atom. The van der Waals surface area contributed by atoms with Crippen molar-refractivity contribution in [2.45, 2.75) is 19.4 Å². The van der Waals surface area contributed by atoms with Crippen LogP contribution in [0.4, 0.5) is 11.4 Å². The molecule has 1 fully saturated rings. The third-order valence-electron chi connectivity index (χ3n) is 3.88. The van der Waals surface area contributed by atoms with Crippen LogP contribution in [-0.4, -0.2) is 26.3 Å². The van der Waals surface area contributed by atoms with Crippen LogP contribution in [0, 0.1) is 0 Å². The van der Waals surface area contributed by atoms with Crippen LogP contribution in [0.15, 0.2) is 47.1 Å². The topological polar surface area (TPSA) is 37.6 Å². The Bertz CT molecular complexity index is 530. The van der Waals surface area contributed by atoms with Gasteiger partial charge in [0.15, 0.2) is 0 Å². The second-order valence-corrected chi connectivity index (χ2v) is 5.27. The van der Waals surface area contributed by atoms with Gasteiger partial charge in [0.2, 0.25) is 0 Å². The van der Waals surface area contributed by atoms with Gasteiger partial charge < -0.3 is 19.4 Å². The first-order chi connectivity index (χ1) is 10.4. The van der Waals surface area contributed by atoms with Gasteiger partial charge in [0.1, 0.15) is 5.76 Å². The lowest BCUT2D eigenvalue weighted by atomic mass is 10.1. The molecule has 112 valence electrons. The molecule has 0 aliphatic carbocycles. The summed E-state index contributed by atoms with van der Waals surface area (Å²) in [4.78, 5) is 2.36. The Labute approximate surface area is 125 Å². The van der Waals surface area contributed by atoms with Crippen molar-refractivity contribution >= 4 is 11.4 Å². The fourth-order valence-electron chi connectivity index (χ4n) is 2.66. The molecule has 0 spiro atoms. The number of rotatable bonds is 5. The second-order valence-electron chi connectivity index (χ2n) is 5.27. The molecule has 1 atom stereocenters. The van der Waals surface area contributed by atoms with E-state index in [1.54, 1.807) is 6.26 Å². The number of anilines is 2. The summed E-state index contributed by atoms with van der Waals surface area (Å²) in [7, 11) is 0. The van der Waals surface area contributed by atoms with Gasteiger partial charge in [0.05, 0.1) is 25.5 Å². The molecule has 0 radical (unpaired) electrons. The minimum atomic E-state index is 0.217. The maximum atomic E-state index is 5.49. The van der Waals surface area contributed by atoms with E-state index < -0.39 is 0 Å². The molecule has 1 aliphatic heterocycles. The van der Waals surface area contributed by atoms with E-state index in [0.29, 0.717) is 0 Å². The number of nitrogens with zero attached hydrogens (tertiary/aromatic N) is 1. The highest BCUT2D eigenvalue weighted by Crippen LogP contribution is 2.25. The first-order valence-electron chi connectivity index (χ1n) is 7.59. The van der Waals surface area contributed by atoms with Crippen molar-refractivity contribution in [3.63, 3.8) is 0 Å². The molecule has 0 saturated carbocycles. The standard InChI is InChI=1S/C17H22N2O2/c1-2-16(17-4-3-11-21-17)18-14-5-7-15(8-6-14)19-9-12-20-13-10-19/h3-8,11,16,18H,2,9-10,12-13H2,1H3. The zero-order valence-corrected chi connectivity index (χ0v) is 12.4. The number of hydrogen-bond donors (Lipinski definition) is 1. The summed E-state index contributed by atoms with van der Waals surface area (Å²) in [5, 5.41) is 3.52. The molecule has 4 heteroatoms. The van der Waals surface area contributed by atoms with Crippen molar-refractivity contribution < 1.29 is 9.15 Å². The molecule has 1 aliphatic rings. The summed E-state index contributed by atoms with van der Waals surface area (Å²) in [5.41, 5.74) is 2.38. The fraction of sp³-hybridized carbons (Fsp3) is 0.412. The SMILES string of the molecule is CCC(Nc1ccc(N2CCOCC2)cc1)c1ccco1. The number of nitrogens with one attached hydrogen (secondary N) is 1. The molecule has 4 nitrogen and oxygen atoms in total. The van der Waals surface area contributed by atoms with E-state index in [4.69, 9.17) is 9.15 Å². The normalized spacial score (nSPS) is 16.7. The van der Waals surface area contributed by atoms with Crippen LogP contribution in [0.2, 0.25) is 0 Å². The first-order valence-corrected chi connectivity index (χ1v) is 7.59. The van der Waals surface area contributed by atoms with E-state index in [0.717, 1.165) is 44.2 Å². The minimum absolute atomic E-state index is 0.217. The summed E-state index contributed by atoms with van der Waals surface area (Å²) in [6.45, 7) is 5.72. The Morgan fingerprint density at radius 2 is 1.90 bits per heavy atom. The summed E-state index contributed by atoms with van der Waals surface area (Å²) in [5.74, 6) is 0.981. The molecular weight excluding hydrogens is 264 g/mol. The van der Waals surface area contributed by atoms with Gasteiger partial charge in [-0.2, -0.15) is 0 Å². The predicted octanol–water partition coefficient (Wildman–Crippen LogP) is 3.68. The van der Waals surface area contributed by atoms with E-state index in [2.05, 4.69) is 41.4 Å². The van der Waals surface area contributed by atoms with Crippen molar-refractivity contribution in [2.75, 3.05) is 36.5 Å². The van der Waals surface area contributed by atoms with E-state index >= 15 is 0 Å². The van der Waals surface area contributed by atoms with E-state index in [1.807, 2.05) is 12.1 Å². The minimum Gasteiger partial charge on any atom is -0.467 e. The summed E-state index contributed by atoms with van der Waals surface area (Å²) < 4.78 is 10.9. The maximum absolute atomic E-state index is 5.49. The van der Waals surface area contributed by atoms with Crippen molar-refractivity contribution in [3.8, 4) is 0 Å². The number of ether oxygens (including phenoxy) is 1. The molecule has 1 unspecified atom stereocenters. The van der Waals surface area contributed by atoms with Gasteiger partial charge in [0, 0.05) is 24.5 Å². The molecule has 0 amide bonds. The Balaban J connectivity index is 1.66. The number of furan rings is 1. The van der Waals surface area contributed by atoms with Crippen LogP contribution in [0.5, 0.6) is 0 Å². The van der Waals surface area contributed by atoms with Gasteiger partial charge in [-0.15, -0.1) is 0 Å². The predicted molar refractivity (Wildman–Crippen MR) is 84.8 cm³/mol. The van der Waals surface area contributed by atoms with Gasteiger partial charge in [-0.1, -0.05) is 6.92 Å². The monoisotopic (exact) mass is 286 g/mol. The summed E-state index contributed by atoms with van der Waals surface area (Å²) in [6.07, 6.45) is 2.71. The molecule has 2 heterocycles. The number of benzene rings is 1. The van der Waals surface area contributed by atoms with Crippen LogP contribution in [0.1, 0.15) is 25.1 Å². The molecule has 0 bridgehead atoms. The third kappa shape index (κ3) is 3.39. The molecule has 3 rings (SSSR count). The lowest BCUT2D eigenvalue weighted by Gasteiger charge is -2.29. The maximum Gasteiger partial charge on any atom is 0.125 e. The third-order valence-corrected chi connectivity index (χ3v) is 3.88. The first kappa shape index (κ1) is 14.0. The average molecular weight is 286 g/mol. The summed E-state index contributed by atoms with van der Waals surface area (Å²) in [6, 6.07) is 12.8. The molecule has 21 heavy (non-hydrogen) atoms. The van der Waals surface area contributed by atoms with Gasteiger partial charge in [-0.05, 0) is 42.8 Å². The quantitative estimate of drug-likeness (QED) is 0.910. The molecule has 2 aromatic rings. The van der Waals surface area contributed by atoms with E-state index in [1.165, 1.54) is 5.69 Å². The van der Waals surface area contributed by atoms with Gasteiger partial charge in [-0.3, -0.25) is 0 Å². The zero-order chi connectivity index (χ0) is 14.5.